The van der Waals surface area contributed by atoms with Crippen LogP contribution in [0.2, 0.25) is 78.6 Å². The van der Waals surface area contributed by atoms with Crippen LogP contribution in [0.15, 0.2) is 78.9 Å². The average Bonchev–Trinajstić information content (AvgIpc) is 3.93. The fraction of sp³-hybridized carbons (Fsp3) is 0.231. The molecule has 2 aliphatic rings. The molecule has 64 heavy (non-hydrogen) atoms. The number of hydrogen-bond donors (Lipinski definition) is 1. The summed E-state index contributed by atoms with van der Waals surface area (Å²) in [5, 5.41) is 3.48. The highest BCUT2D eigenvalue weighted by atomic mass is 28.3. The van der Waals surface area contributed by atoms with Crippen LogP contribution in [0.4, 0.5) is 0 Å². The zero-order valence-electron chi connectivity index (χ0n) is 38.6. The molecule has 9 rings (SSSR count). The fourth-order valence-electron chi connectivity index (χ4n) is 7.34. The van der Waals surface area contributed by atoms with E-state index in [0.29, 0.717) is 45.9 Å². The van der Waals surface area contributed by atoms with E-state index < -0.39 is 32.3 Å². The minimum Gasteiger partial charge on any atom is -0.324 e. The van der Waals surface area contributed by atoms with Crippen LogP contribution in [-0.4, -0.2) is 71.8 Å². The van der Waals surface area contributed by atoms with Crippen LogP contribution in [0.25, 0.3) is 89.7 Å². The molecule has 4 aromatic carbocycles. The molecule has 8 bridgehead atoms. The van der Waals surface area contributed by atoms with Gasteiger partial charge in [0.2, 0.25) is 0 Å². The van der Waals surface area contributed by atoms with Crippen LogP contribution < -0.4 is 0 Å². The Morgan fingerprint density at radius 1 is 0.422 bits per heavy atom. The number of hydrogen-bond acceptors (Lipinski definition) is 6. The minimum atomic E-state index is -1.90. The Kier molecular flexibility index (Phi) is 10.4. The number of nitrogens with zero attached hydrogens (tertiary/aromatic N) is 7. The lowest BCUT2D eigenvalue weighted by atomic mass is 9.97. The van der Waals surface area contributed by atoms with Crippen molar-refractivity contribution in [1.29, 1.82) is 0 Å². The predicted molar refractivity (Wildman–Crippen MR) is 277 cm³/mol. The van der Waals surface area contributed by atoms with E-state index in [9.17, 15) is 0 Å². The van der Waals surface area contributed by atoms with Gasteiger partial charge >= 0.3 is 0 Å². The molecule has 0 amide bonds. The lowest BCUT2D eigenvalue weighted by Gasteiger charge is -2.10. The number of fused-ring (bicyclic) bond motifs is 20. The molecule has 0 saturated heterocycles. The maximum absolute atomic E-state index is 5.43. The smallest absolute Gasteiger partial charge is 0.164 e. The highest BCUT2D eigenvalue weighted by Crippen LogP contribution is 2.38. The van der Waals surface area contributed by atoms with Gasteiger partial charge in [-0.05, 0) is 6.07 Å². The Morgan fingerprint density at radius 2 is 0.828 bits per heavy atom. The van der Waals surface area contributed by atoms with Crippen molar-refractivity contribution in [1.82, 2.24) is 39.5 Å². The van der Waals surface area contributed by atoms with E-state index >= 15 is 0 Å². The summed E-state index contributed by atoms with van der Waals surface area (Å²) >= 11 is 0. The van der Waals surface area contributed by atoms with E-state index in [4.69, 9.17) is 29.9 Å². The summed E-state index contributed by atoms with van der Waals surface area (Å²) in [4.78, 5) is 35.7. The summed E-state index contributed by atoms with van der Waals surface area (Å²) in [5.41, 5.74) is 23.0. The van der Waals surface area contributed by atoms with E-state index in [1.165, 1.54) is 0 Å². The first-order valence-electron chi connectivity index (χ1n) is 21.7. The highest BCUT2D eigenvalue weighted by Gasteiger charge is 2.25. The predicted octanol–water partition coefficient (Wildman–Crippen LogP) is 11.7. The first-order chi connectivity index (χ1) is 30.2. The largest absolute Gasteiger partial charge is 0.324 e. The van der Waals surface area contributed by atoms with Crippen molar-refractivity contribution in [3.63, 3.8) is 0 Å². The molecule has 0 aliphatic carbocycles. The molecule has 7 aromatic rings. The van der Waals surface area contributed by atoms with Crippen molar-refractivity contribution in [2.45, 2.75) is 78.6 Å². The molecule has 12 heteroatoms. The molecule has 0 radical (unpaired) electrons. The van der Waals surface area contributed by atoms with Crippen LogP contribution in [0.5, 0.6) is 0 Å². The van der Waals surface area contributed by atoms with Gasteiger partial charge < -0.3 is 4.98 Å². The van der Waals surface area contributed by atoms with Gasteiger partial charge in [0.05, 0.1) is 11.1 Å². The average molecular weight is 899 g/mol. The van der Waals surface area contributed by atoms with Crippen molar-refractivity contribution in [3.8, 4) is 91.5 Å². The Hall–Kier alpha value is -6.65. The molecule has 0 saturated carbocycles. The van der Waals surface area contributed by atoms with Crippen molar-refractivity contribution in [3.05, 3.63) is 95.6 Å². The van der Waals surface area contributed by atoms with Gasteiger partial charge in [-0.15, -0.1) is 22.2 Å². The molecular weight excluding hydrogens is 849 g/mol. The number of aromatic nitrogens is 8. The second-order valence-corrected chi connectivity index (χ2v) is 39.5. The number of benzene rings is 4. The molecule has 3 aromatic heterocycles. The summed E-state index contributed by atoms with van der Waals surface area (Å²) < 4.78 is 1.93. The second-order valence-electron chi connectivity index (χ2n) is 20.5. The van der Waals surface area contributed by atoms with Gasteiger partial charge in [0.25, 0.3) is 0 Å². The third-order valence-corrected chi connectivity index (χ3v) is 13.7. The van der Waals surface area contributed by atoms with Crippen molar-refractivity contribution < 1.29 is 0 Å². The van der Waals surface area contributed by atoms with E-state index in [2.05, 4.69) is 172 Å². The molecule has 1 N–H and O–H groups in total. The maximum atomic E-state index is 5.43. The first-order valence-corrected chi connectivity index (χ1v) is 35.7. The number of nitrogens with one attached hydrogen (secondary N) is 1. The van der Waals surface area contributed by atoms with Crippen molar-refractivity contribution in [2.24, 2.45) is 0 Å². The summed E-state index contributed by atoms with van der Waals surface area (Å²) in [5.74, 6) is 13.1. The zero-order valence-corrected chi connectivity index (χ0v) is 42.6. The van der Waals surface area contributed by atoms with Crippen LogP contribution in [-0.2, 0) is 0 Å². The van der Waals surface area contributed by atoms with Gasteiger partial charge in [0, 0.05) is 55.4 Å². The number of aromatic amines is 1. The number of H-pyrrole nitrogens is 1. The van der Waals surface area contributed by atoms with Crippen LogP contribution in [0.3, 0.4) is 0 Å². The van der Waals surface area contributed by atoms with E-state index in [1.807, 2.05) is 41.0 Å². The van der Waals surface area contributed by atoms with Gasteiger partial charge in [0.15, 0.2) is 34.6 Å². The second kappa shape index (κ2) is 15.6. The summed E-state index contributed by atoms with van der Waals surface area (Å²) in [6, 6.07) is 30.1. The molecule has 0 spiro atoms. The molecule has 8 nitrogen and oxygen atoms in total. The highest BCUT2D eigenvalue weighted by molar-refractivity contribution is 6.85. The Bertz CT molecular complexity index is 3580. The molecule has 0 unspecified atom stereocenters. The quantitative estimate of drug-likeness (QED) is 0.120. The number of rotatable bonds is 0. The third kappa shape index (κ3) is 8.54. The molecule has 0 atom stereocenters. The lowest BCUT2D eigenvalue weighted by molar-refractivity contribution is 1.13. The molecule has 0 fully saturated rings. The monoisotopic (exact) mass is 898 g/mol. The zero-order chi connectivity index (χ0) is 45.3. The Morgan fingerprint density at radius 3 is 1.30 bits per heavy atom. The lowest BCUT2D eigenvalue weighted by Crippen LogP contribution is -2.17. The van der Waals surface area contributed by atoms with Gasteiger partial charge in [-0.2, -0.15) is 0 Å². The van der Waals surface area contributed by atoms with E-state index in [-0.39, 0.29) is 0 Å². The minimum absolute atomic E-state index is 0.525. The van der Waals surface area contributed by atoms with Gasteiger partial charge in [-0.3, -0.25) is 0 Å². The first kappa shape index (κ1) is 42.6. The van der Waals surface area contributed by atoms with E-state index in [1.54, 1.807) is 0 Å². The Balaban J connectivity index is 1.55. The van der Waals surface area contributed by atoms with Gasteiger partial charge in [0.1, 0.15) is 43.6 Å². The van der Waals surface area contributed by atoms with Crippen molar-refractivity contribution >= 4 is 76.4 Å². The van der Waals surface area contributed by atoms with Crippen LogP contribution in [0, 0.1) is 46.0 Å². The van der Waals surface area contributed by atoms with Crippen LogP contribution in [0.1, 0.15) is 16.7 Å². The standard InChI is InChI=1S/C52H50N8Si4/c1-61(2,3)29-25-34-33-43-44(36(27-31-63(7,8)9)35(34)26-30-62(4,5)6)50-56-46-38-20-14-16-22-40(38)48(54-46)59-52-42-24-18-17-23-41(42)51(60(52)28-32-64(10,11)12)58-47-39-21-15-13-19-37(39)45(53-47)55-49(43)57-50/h13-24,33H,1-12H3,(H,53,54,55,56,57,58,59). The topological polar surface area (TPSA) is 98.1 Å². The Labute approximate surface area is 379 Å². The molecule has 5 heterocycles. The maximum Gasteiger partial charge on any atom is 0.164 e. The normalized spacial score (nSPS) is 12.2. The fourth-order valence-corrected chi connectivity index (χ4v) is 9.30. The summed E-state index contributed by atoms with van der Waals surface area (Å²) in [6.45, 7) is 27.0. The van der Waals surface area contributed by atoms with Crippen LogP contribution >= 0.6 is 0 Å². The SMILES string of the molecule is C[Si](C)(C)C#Cc1cc2c3nc4nc(nc5c6ccccc6c(nc6nc(nc([nH]3)c2c(C#C[Si](C)(C)C)c1C#C[Si](C)(C)C)-c1ccccc1-6)n5C#C[Si](C)(C)C)-c1ccccc1-4. The summed E-state index contributed by atoms with van der Waals surface area (Å²) in [6.07, 6.45) is 0. The van der Waals surface area contributed by atoms with Gasteiger partial charge in [-0.1, -0.05) is 169 Å². The molecule has 2 aliphatic heterocycles. The van der Waals surface area contributed by atoms with Crippen molar-refractivity contribution in [2.75, 3.05) is 0 Å². The molecule has 314 valence electrons. The summed E-state index contributed by atoms with van der Waals surface area (Å²) in [7, 11) is -7.42. The molecular formula is C52H50N8Si4. The van der Waals surface area contributed by atoms with Gasteiger partial charge in [-0.25, -0.2) is 34.5 Å². The third-order valence-electron chi connectivity index (χ3n) is 10.2. The van der Waals surface area contributed by atoms with E-state index in [0.717, 1.165) is 60.5 Å².